The van der Waals surface area contributed by atoms with Gasteiger partial charge in [-0.1, -0.05) is 169 Å². The fourth-order valence-corrected chi connectivity index (χ4v) is 5.74. The highest BCUT2D eigenvalue weighted by molar-refractivity contribution is 6.24. The molecule has 0 saturated carbocycles. The Balaban J connectivity index is 1.52. The molecule has 0 nitrogen and oxygen atoms in total. The van der Waals surface area contributed by atoms with Crippen LogP contribution in [0.5, 0.6) is 0 Å². The van der Waals surface area contributed by atoms with Crippen LogP contribution in [0, 0.1) is 0 Å². The van der Waals surface area contributed by atoms with Crippen molar-refractivity contribution in [2.45, 2.75) is 0 Å². The van der Waals surface area contributed by atoms with Crippen LogP contribution in [0.25, 0.3) is 87.6 Å². The summed E-state index contributed by atoms with van der Waals surface area (Å²) in [6, 6.07) is 0.153. The van der Waals surface area contributed by atoms with Crippen molar-refractivity contribution in [3.63, 3.8) is 0 Å². The SMILES string of the molecule is [2H]c1c([2H])c([2H])c2c([2H])c(-c3ccc(-c4c5c([2H])c([2H])c([2H])c([2H])c5c(-c5c([2H])c([2H])c([2H])c6c([2H])c([2H])c([2H])c([2H])c56)c5c([2H])c(-c6ccccc6)c([2H])c([2H])c45)cc3)c([2H])c([2H])c2c1[2H]. The molecule has 0 N–H and O–H groups in total. The highest BCUT2D eigenvalue weighted by Gasteiger charge is 2.19. The van der Waals surface area contributed by atoms with Crippen molar-refractivity contribution in [3.05, 3.63) is 181 Å². The lowest BCUT2D eigenvalue weighted by Gasteiger charge is -2.20. The van der Waals surface area contributed by atoms with E-state index in [1.54, 1.807) is 30.3 Å². The quantitative estimate of drug-likeness (QED) is 0.176. The summed E-state index contributed by atoms with van der Waals surface area (Å²) in [5, 5.41) is -2.70. The maximum Gasteiger partial charge on any atom is 0.0636 e. The fraction of sp³-hybridized carbons (Fsp3) is 0. The molecule has 46 heavy (non-hydrogen) atoms. The van der Waals surface area contributed by atoms with Crippen LogP contribution in [0.15, 0.2) is 181 Å². The Morgan fingerprint density at radius 1 is 0.304 bits per heavy atom. The predicted molar refractivity (Wildman–Crippen MR) is 198 cm³/mol. The Labute approximate surface area is 298 Å². The number of hydrogen-bond acceptors (Lipinski definition) is 0. The average molecular weight is 604 g/mol. The van der Waals surface area contributed by atoms with Crippen LogP contribution in [0.2, 0.25) is 0 Å². The van der Waals surface area contributed by atoms with Gasteiger partial charge in [-0.15, -0.1) is 0 Å². The monoisotopic (exact) mass is 603 g/mol. The Morgan fingerprint density at radius 2 is 0.870 bits per heavy atom. The minimum Gasteiger partial charge on any atom is -0.0622 e. The molecule has 0 aliphatic rings. The summed E-state index contributed by atoms with van der Waals surface area (Å²) in [7, 11) is 0. The van der Waals surface area contributed by atoms with Crippen LogP contribution in [0.3, 0.4) is 0 Å². The molecule has 0 bridgehead atoms. The predicted octanol–water partition coefficient (Wildman–Crippen LogP) is 13.0. The zero-order chi connectivity index (χ0) is 48.7. The highest BCUT2D eigenvalue weighted by Crippen LogP contribution is 2.46. The van der Waals surface area contributed by atoms with E-state index >= 15 is 0 Å². The summed E-state index contributed by atoms with van der Waals surface area (Å²) < 4.78 is 188. The molecule has 9 rings (SSSR count). The first-order valence-corrected chi connectivity index (χ1v) is 14.2. The van der Waals surface area contributed by atoms with Gasteiger partial charge in [0.1, 0.15) is 0 Å². The van der Waals surface area contributed by atoms with Crippen LogP contribution in [0.4, 0.5) is 0 Å². The second-order valence-corrected chi connectivity index (χ2v) is 10.4. The first kappa shape index (κ1) is 12.8. The smallest absolute Gasteiger partial charge is 0.0622 e. The van der Waals surface area contributed by atoms with Crippen LogP contribution >= 0.6 is 0 Å². The summed E-state index contributed by atoms with van der Waals surface area (Å²) >= 11 is 0. The van der Waals surface area contributed by atoms with Gasteiger partial charge in [0.25, 0.3) is 0 Å². The summed E-state index contributed by atoms with van der Waals surface area (Å²) in [5.41, 5.74) is -0.677. The Bertz CT molecular complexity index is 3730. The van der Waals surface area contributed by atoms with Gasteiger partial charge in [0.05, 0.1) is 28.8 Å². The van der Waals surface area contributed by atoms with E-state index < -0.39 is 143 Å². The number of fused-ring (bicyclic) bond motifs is 4. The maximum absolute atomic E-state index is 9.94. The van der Waals surface area contributed by atoms with Gasteiger partial charge in [-0.3, -0.25) is 0 Å². The normalized spacial score (nSPS) is 17.9. The van der Waals surface area contributed by atoms with Gasteiger partial charge in [-0.05, 0) is 99.7 Å². The molecule has 0 heterocycles. The number of rotatable bonds is 4. The molecule has 0 aromatic heterocycles. The highest BCUT2D eigenvalue weighted by atomic mass is 14.2. The molecule has 0 atom stereocenters. The number of benzene rings is 9. The Morgan fingerprint density at radius 3 is 1.67 bits per heavy atom. The van der Waals surface area contributed by atoms with Crippen molar-refractivity contribution in [1.82, 2.24) is 0 Å². The third-order valence-corrected chi connectivity index (χ3v) is 7.84. The van der Waals surface area contributed by atoms with E-state index in [9.17, 15) is 8.22 Å². The van der Waals surface area contributed by atoms with Crippen LogP contribution < -0.4 is 0 Å². The van der Waals surface area contributed by atoms with E-state index in [0.717, 1.165) is 0 Å². The molecule has 0 amide bonds. The lowest BCUT2D eigenvalue weighted by atomic mass is 9.83. The van der Waals surface area contributed by atoms with Crippen LogP contribution in [-0.2, 0) is 0 Å². The topological polar surface area (TPSA) is 0 Å². The van der Waals surface area contributed by atoms with Gasteiger partial charge >= 0.3 is 0 Å². The molecule has 0 spiro atoms. The molecule has 214 valence electrons. The molecule has 0 aliphatic carbocycles. The van der Waals surface area contributed by atoms with Crippen molar-refractivity contribution in [2.75, 3.05) is 0 Å². The van der Waals surface area contributed by atoms with Gasteiger partial charge in [0.2, 0.25) is 0 Å². The van der Waals surface area contributed by atoms with Crippen molar-refractivity contribution < 1.29 is 28.8 Å². The largest absolute Gasteiger partial charge is 0.0636 e. The molecular formula is C46H30. The molecule has 9 aromatic rings. The molecular weight excluding hydrogens is 553 g/mol. The standard InChI is InChI=1S/C46H30/c1-2-11-31(12-3-1)38-27-28-43-44(30-38)46(40-20-10-16-34-14-6-7-17-39(34)40)42-19-9-8-18-41(42)45(43)35-24-21-33(22-25-35)37-26-23-32-13-4-5-15-36(32)29-37/h1-30H/i4D,5D,6D,7D,8D,9D,10D,13D,14D,15D,16D,17D,18D,19D,20D,23D,26D,27D,28D,29D,30D. The van der Waals surface area contributed by atoms with Crippen molar-refractivity contribution in [1.29, 1.82) is 0 Å². The van der Waals surface area contributed by atoms with E-state index in [0.29, 0.717) is 5.56 Å². The molecule has 0 radical (unpaired) electrons. The van der Waals surface area contributed by atoms with E-state index in [1.165, 1.54) is 24.3 Å². The molecule has 0 fully saturated rings. The third kappa shape index (κ3) is 4.38. The lowest BCUT2D eigenvalue weighted by molar-refractivity contribution is 1.62. The lowest BCUT2D eigenvalue weighted by Crippen LogP contribution is -1.92. The van der Waals surface area contributed by atoms with E-state index in [2.05, 4.69) is 0 Å². The Hall–Kier alpha value is -5.98. The van der Waals surface area contributed by atoms with Gasteiger partial charge < -0.3 is 0 Å². The van der Waals surface area contributed by atoms with Crippen molar-refractivity contribution in [2.24, 2.45) is 0 Å². The maximum atomic E-state index is 9.94. The van der Waals surface area contributed by atoms with Gasteiger partial charge in [-0.25, -0.2) is 0 Å². The minimum atomic E-state index is -0.796. The Kier molecular flexibility index (Phi) is 3.02. The molecule has 0 heteroatoms. The summed E-state index contributed by atoms with van der Waals surface area (Å²) in [6.45, 7) is 0. The first-order chi connectivity index (χ1) is 31.6. The van der Waals surface area contributed by atoms with E-state index in [4.69, 9.17) is 20.6 Å². The van der Waals surface area contributed by atoms with Crippen molar-refractivity contribution >= 4 is 43.1 Å². The minimum absolute atomic E-state index is 0.104. The molecule has 0 aliphatic heterocycles. The number of hydrogen-bond donors (Lipinski definition) is 0. The van der Waals surface area contributed by atoms with Gasteiger partial charge in [0, 0.05) is 0 Å². The fourth-order valence-electron chi connectivity index (χ4n) is 5.74. The van der Waals surface area contributed by atoms with E-state index in [-0.39, 0.29) is 65.7 Å². The second-order valence-electron chi connectivity index (χ2n) is 10.4. The summed E-state index contributed by atoms with van der Waals surface area (Å²) in [4.78, 5) is 0. The zero-order valence-corrected chi connectivity index (χ0v) is 23.7. The van der Waals surface area contributed by atoms with E-state index in [1.807, 2.05) is 0 Å². The first-order valence-electron chi connectivity index (χ1n) is 24.7. The molecule has 0 unspecified atom stereocenters. The summed E-state index contributed by atoms with van der Waals surface area (Å²) in [5.74, 6) is 0. The second kappa shape index (κ2) is 10.9. The third-order valence-electron chi connectivity index (χ3n) is 7.84. The molecule has 0 saturated heterocycles. The van der Waals surface area contributed by atoms with Crippen LogP contribution in [0.1, 0.15) is 28.8 Å². The van der Waals surface area contributed by atoms with Gasteiger partial charge in [0.15, 0.2) is 0 Å². The van der Waals surface area contributed by atoms with Gasteiger partial charge in [-0.2, -0.15) is 0 Å². The average Bonchev–Trinajstić information content (AvgIpc) is 3.31. The van der Waals surface area contributed by atoms with Crippen LogP contribution in [-0.4, -0.2) is 0 Å². The van der Waals surface area contributed by atoms with Crippen molar-refractivity contribution in [3.8, 4) is 44.5 Å². The summed E-state index contributed by atoms with van der Waals surface area (Å²) in [6.07, 6.45) is 0. The molecule has 9 aromatic carbocycles. The zero-order valence-electron chi connectivity index (χ0n) is 44.7.